The zero-order valence-corrected chi connectivity index (χ0v) is 12.4. The summed E-state index contributed by atoms with van der Waals surface area (Å²) >= 11 is 0. The van der Waals surface area contributed by atoms with E-state index in [2.05, 4.69) is 5.32 Å². The van der Waals surface area contributed by atoms with Crippen LogP contribution in [0.2, 0.25) is 0 Å². The lowest BCUT2D eigenvalue weighted by atomic mass is 10.2. The second-order valence-electron chi connectivity index (χ2n) is 5.84. The Morgan fingerprint density at radius 1 is 1.20 bits per heavy atom. The third-order valence-corrected chi connectivity index (χ3v) is 3.57. The fraction of sp³-hybridized carbons (Fsp3) is 0.769. The number of urea groups is 2. The van der Waals surface area contributed by atoms with E-state index in [1.807, 2.05) is 27.7 Å². The third-order valence-electron chi connectivity index (χ3n) is 3.57. The summed E-state index contributed by atoms with van der Waals surface area (Å²) in [6.07, 6.45) is 0. The molecule has 1 atom stereocenters. The highest BCUT2D eigenvalue weighted by molar-refractivity contribution is 6.05. The summed E-state index contributed by atoms with van der Waals surface area (Å²) in [6.45, 7) is 8.54. The van der Waals surface area contributed by atoms with Crippen LogP contribution in [0.3, 0.4) is 0 Å². The third kappa shape index (κ3) is 2.44. The molecule has 0 aromatic heterocycles. The van der Waals surface area contributed by atoms with Gasteiger partial charge in [-0.15, -0.1) is 0 Å². The van der Waals surface area contributed by atoms with Gasteiger partial charge in [0.25, 0.3) is 5.91 Å². The highest BCUT2D eigenvalue weighted by Crippen LogP contribution is 2.23. The lowest BCUT2D eigenvalue weighted by molar-refractivity contribution is -0.130. The van der Waals surface area contributed by atoms with Crippen LogP contribution in [0.15, 0.2) is 0 Å². The zero-order chi connectivity index (χ0) is 15.0. The highest BCUT2D eigenvalue weighted by atomic mass is 16.2. The Bertz CT molecular complexity index is 435. The largest absolute Gasteiger partial charge is 0.336 e. The molecule has 0 aromatic carbocycles. The Hall–Kier alpha value is -1.79. The summed E-state index contributed by atoms with van der Waals surface area (Å²) in [5, 5.41) is 2.81. The molecule has 7 nitrogen and oxygen atoms in total. The Morgan fingerprint density at radius 2 is 1.85 bits per heavy atom. The number of hydrogen-bond acceptors (Lipinski definition) is 3. The summed E-state index contributed by atoms with van der Waals surface area (Å²) in [4.78, 5) is 40.9. The monoisotopic (exact) mass is 282 g/mol. The van der Waals surface area contributed by atoms with Crippen LogP contribution in [-0.2, 0) is 4.79 Å². The smallest absolute Gasteiger partial charge is 0.327 e. The average molecular weight is 282 g/mol. The van der Waals surface area contributed by atoms with Crippen LogP contribution in [0.5, 0.6) is 0 Å². The number of amides is 5. The van der Waals surface area contributed by atoms with Crippen molar-refractivity contribution >= 4 is 18.0 Å². The van der Waals surface area contributed by atoms with Gasteiger partial charge in [0.1, 0.15) is 6.04 Å². The molecule has 20 heavy (non-hydrogen) atoms. The zero-order valence-electron chi connectivity index (χ0n) is 12.4. The molecule has 2 fully saturated rings. The molecule has 1 N–H and O–H groups in total. The molecule has 0 aliphatic carbocycles. The molecule has 0 spiro atoms. The van der Waals surface area contributed by atoms with E-state index in [1.54, 1.807) is 9.80 Å². The number of nitrogens with zero attached hydrogens (tertiary/aromatic N) is 3. The van der Waals surface area contributed by atoms with Gasteiger partial charge in [0.05, 0.1) is 6.54 Å². The van der Waals surface area contributed by atoms with Gasteiger partial charge in [0, 0.05) is 25.2 Å². The van der Waals surface area contributed by atoms with E-state index < -0.39 is 6.04 Å². The van der Waals surface area contributed by atoms with E-state index in [0.717, 1.165) is 0 Å². The fourth-order valence-electron chi connectivity index (χ4n) is 2.61. The maximum Gasteiger partial charge on any atom is 0.327 e. The normalized spacial score (nSPS) is 22.9. The molecule has 2 rings (SSSR count). The number of carbonyl (C=O) groups is 3. The summed E-state index contributed by atoms with van der Waals surface area (Å²) < 4.78 is 0. The quantitative estimate of drug-likeness (QED) is 0.748. The molecule has 5 amide bonds. The molecule has 2 heterocycles. The van der Waals surface area contributed by atoms with Crippen molar-refractivity contribution in [2.24, 2.45) is 0 Å². The second kappa shape index (κ2) is 5.30. The molecule has 0 saturated carbocycles. The van der Waals surface area contributed by atoms with Gasteiger partial charge in [-0.25, -0.2) is 9.59 Å². The summed E-state index contributed by atoms with van der Waals surface area (Å²) in [5.74, 6) is -0.202. The first-order chi connectivity index (χ1) is 9.32. The maximum absolute atomic E-state index is 12.3. The van der Waals surface area contributed by atoms with Gasteiger partial charge in [-0.3, -0.25) is 9.69 Å². The Morgan fingerprint density at radius 3 is 2.40 bits per heavy atom. The minimum atomic E-state index is -0.531. The molecule has 2 aliphatic heterocycles. The van der Waals surface area contributed by atoms with Crippen LogP contribution in [0.4, 0.5) is 9.59 Å². The fourth-order valence-corrected chi connectivity index (χ4v) is 2.61. The van der Waals surface area contributed by atoms with Gasteiger partial charge in [-0.2, -0.15) is 0 Å². The minimum absolute atomic E-state index is 0.0496. The Balaban J connectivity index is 2.09. The van der Waals surface area contributed by atoms with Crippen molar-refractivity contribution in [3.05, 3.63) is 0 Å². The van der Waals surface area contributed by atoms with Crippen LogP contribution < -0.4 is 5.32 Å². The van der Waals surface area contributed by atoms with Gasteiger partial charge in [-0.05, 0) is 27.7 Å². The van der Waals surface area contributed by atoms with Gasteiger partial charge < -0.3 is 15.1 Å². The van der Waals surface area contributed by atoms with Crippen LogP contribution in [0, 0.1) is 0 Å². The van der Waals surface area contributed by atoms with Gasteiger partial charge in [0.2, 0.25) is 0 Å². The van der Waals surface area contributed by atoms with E-state index in [0.29, 0.717) is 13.1 Å². The van der Waals surface area contributed by atoms with Crippen molar-refractivity contribution in [1.82, 2.24) is 20.0 Å². The van der Waals surface area contributed by atoms with Crippen molar-refractivity contribution in [2.45, 2.75) is 45.8 Å². The summed E-state index contributed by atoms with van der Waals surface area (Å²) in [7, 11) is 0. The lowest BCUT2D eigenvalue weighted by Gasteiger charge is -2.35. The van der Waals surface area contributed by atoms with Crippen molar-refractivity contribution in [3.8, 4) is 0 Å². The van der Waals surface area contributed by atoms with Crippen molar-refractivity contribution in [2.75, 3.05) is 19.6 Å². The first-order valence-corrected chi connectivity index (χ1v) is 7.02. The topological polar surface area (TPSA) is 73.0 Å². The van der Waals surface area contributed by atoms with Crippen LogP contribution in [0.1, 0.15) is 27.7 Å². The molecule has 0 radical (unpaired) electrons. The van der Waals surface area contributed by atoms with Crippen molar-refractivity contribution < 1.29 is 14.4 Å². The molecule has 112 valence electrons. The summed E-state index contributed by atoms with van der Waals surface area (Å²) in [5.41, 5.74) is 0. The maximum atomic E-state index is 12.3. The molecular weight excluding hydrogens is 260 g/mol. The predicted octanol–water partition coefficient (Wildman–Crippen LogP) is 0.461. The number of hydrogen-bond donors (Lipinski definition) is 1. The second-order valence-corrected chi connectivity index (χ2v) is 5.84. The van der Waals surface area contributed by atoms with E-state index in [9.17, 15) is 14.4 Å². The van der Waals surface area contributed by atoms with Crippen molar-refractivity contribution in [3.63, 3.8) is 0 Å². The lowest BCUT2D eigenvalue weighted by Crippen LogP contribution is -2.57. The molecule has 2 saturated heterocycles. The molecular formula is C13H22N4O3. The van der Waals surface area contributed by atoms with E-state index in [1.165, 1.54) is 4.90 Å². The number of fused-ring (bicyclic) bond motifs is 1. The van der Waals surface area contributed by atoms with Crippen LogP contribution >= 0.6 is 0 Å². The first-order valence-electron chi connectivity index (χ1n) is 7.02. The first kappa shape index (κ1) is 14.6. The summed E-state index contributed by atoms with van der Waals surface area (Å²) in [6, 6.07) is -1.05. The highest BCUT2D eigenvalue weighted by Gasteiger charge is 2.49. The van der Waals surface area contributed by atoms with Gasteiger partial charge >= 0.3 is 12.1 Å². The number of rotatable bonds is 2. The predicted molar refractivity (Wildman–Crippen MR) is 73.1 cm³/mol. The number of nitrogens with one attached hydrogen (secondary N) is 1. The molecule has 2 aliphatic rings. The van der Waals surface area contributed by atoms with E-state index in [-0.39, 0.29) is 36.6 Å². The molecule has 7 heteroatoms. The molecule has 0 aromatic rings. The van der Waals surface area contributed by atoms with Crippen LogP contribution in [0.25, 0.3) is 0 Å². The SMILES string of the molecule is CC(C)NC(=O)N1CCN2C(=O)N(C(C)C)C(=O)C2C1. The number of carbonyl (C=O) groups excluding carboxylic acids is 3. The van der Waals surface area contributed by atoms with Gasteiger partial charge in [-0.1, -0.05) is 0 Å². The standard InChI is InChI=1S/C13H22N4O3/c1-8(2)14-12(19)15-5-6-16-10(7-15)11(18)17(9(3)4)13(16)20/h8-10H,5-7H2,1-4H3,(H,14,19). The average Bonchev–Trinajstić information content (AvgIpc) is 2.60. The van der Waals surface area contributed by atoms with E-state index >= 15 is 0 Å². The van der Waals surface area contributed by atoms with Gasteiger partial charge in [0.15, 0.2) is 0 Å². The Labute approximate surface area is 118 Å². The van der Waals surface area contributed by atoms with E-state index in [4.69, 9.17) is 0 Å². The molecule has 1 unspecified atom stereocenters. The molecule has 0 bridgehead atoms. The van der Waals surface area contributed by atoms with Crippen molar-refractivity contribution in [1.29, 1.82) is 0 Å². The van der Waals surface area contributed by atoms with Crippen LogP contribution in [-0.4, -0.2) is 70.4 Å². The Kier molecular flexibility index (Phi) is 3.87. The number of imide groups is 1. The number of piperazine rings is 1. The minimum Gasteiger partial charge on any atom is -0.336 e.